The molecule has 23 heavy (non-hydrogen) atoms. The fourth-order valence-corrected chi connectivity index (χ4v) is 2.77. The van der Waals surface area contributed by atoms with Gasteiger partial charge in [0.1, 0.15) is 11.9 Å². The second-order valence-corrected chi connectivity index (χ2v) is 5.57. The third kappa shape index (κ3) is 3.87. The first kappa shape index (κ1) is 15.1. The van der Waals surface area contributed by atoms with Crippen LogP contribution in [0, 0.1) is 11.3 Å². The van der Waals surface area contributed by atoms with Gasteiger partial charge in [-0.1, -0.05) is 54.1 Å². The molecular weight excluding hydrogens is 282 g/mol. The van der Waals surface area contributed by atoms with Crippen molar-refractivity contribution in [1.29, 1.82) is 5.26 Å². The Bertz CT molecular complexity index is 744. The van der Waals surface area contributed by atoms with E-state index in [9.17, 15) is 5.26 Å². The summed E-state index contributed by atoms with van der Waals surface area (Å²) in [6.07, 6.45) is 10.3. The lowest BCUT2D eigenvalue weighted by Gasteiger charge is -2.29. The van der Waals surface area contributed by atoms with Gasteiger partial charge in [0.05, 0.1) is 5.56 Å². The average Bonchev–Trinajstić information content (AvgIpc) is 2.63. The van der Waals surface area contributed by atoms with Crippen LogP contribution in [0.2, 0.25) is 0 Å². The summed E-state index contributed by atoms with van der Waals surface area (Å²) >= 11 is 0. The molecule has 0 saturated carbocycles. The standard InChI is InChI=1S/C20H19N3/c21-16-19-10-5-13-22-20(19)23-14-11-18(12-15-23)9-4-8-17-6-2-1-3-7-17/h1-10,13H,11-12,14-15H2/b8-4+. The highest BCUT2D eigenvalue weighted by atomic mass is 15.2. The maximum Gasteiger partial charge on any atom is 0.146 e. The molecule has 0 N–H and O–H groups in total. The molecule has 1 aliphatic rings. The van der Waals surface area contributed by atoms with Gasteiger partial charge in [-0.15, -0.1) is 0 Å². The van der Waals surface area contributed by atoms with Crippen LogP contribution in [0.5, 0.6) is 0 Å². The van der Waals surface area contributed by atoms with E-state index >= 15 is 0 Å². The SMILES string of the molecule is N#Cc1cccnc1N1CCC(=C/C=C/c2ccccc2)CC1. The molecule has 1 saturated heterocycles. The van der Waals surface area contributed by atoms with Crippen LogP contribution in [0.1, 0.15) is 24.0 Å². The van der Waals surface area contributed by atoms with Crippen LogP contribution in [-0.4, -0.2) is 18.1 Å². The molecule has 0 atom stereocenters. The molecule has 0 aliphatic carbocycles. The quantitative estimate of drug-likeness (QED) is 0.853. The molecule has 0 radical (unpaired) electrons. The minimum absolute atomic E-state index is 0.656. The number of benzene rings is 1. The van der Waals surface area contributed by atoms with Crippen molar-refractivity contribution in [3.05, 3.63) is 77.5 Å². The number of rotatable bonds is 3. The van der Waals surface area contributed by atoms with Crippen molar-refractivity contribution in [3.8, 4) is 6.07 Å². The molecule has 0 spiro atoms. The van der Waals surface area contributed by atoms with E-state index in [1.807, 2.05) is 30.3 Å². The Morgan fingerprint density at radius 2 is 1.83 bits per heavy atom. The van der Waals surface area contributed by atoms with Gasteiger partial charge in [0, 0.05) is 19.3 Å². The second kappa shape index (κ2) is 7.42. The summed E-state index contributed by atoms with van der Waals surface area (Å²) in [7, 11) is 0. The number of nitrogens with zero attached hydrogens (tertiary/aromatic N) is 3. The topological polar surface area (TPSA) is 39.9 Å². The van der Waals surface area contributed by atoms with Crippen molar-refractivity contribution in [1.82, 2.24) is 4.98 Å². The Labute approximate surface area is 137 Å². The van der Waals surface area contributed by atoms with E-state index in [-0.39, 0.29) is 0 Å². The van der Waals surface area contributed by atoms with Gasteiger partial charge in [-0.2, -0.15) is 5.26 Å². The van der Waals surface area contributed by atoms with Crippen molar-refractivity contribution in [3.63, 3.8) is 0 Å². The highest BCUT2D eigenvalue weighted by Gasteiger charge is 2.17. The molecule has 3 nitrogen and oxygen atoms in total. The van der Waals surface area contributed by atoms with Gasteiger partial charge in [0.25, 0.3) is 0 Å². The summed E-state index contributed by atoms with van der Waals surface area (Å²) in [5.74, 6) is 0.814. The summed E-state index contributed by atoms with van der Waals surface area (Å²) in [5.41, 5.74) is 3.32. The number of hydrogen-bond donors (Lipinski definition) is 0. The normalized spacial score (nSPS) is 14.7. The molecule has 1 fully saturated rings. The number of piperidine rings is 1. The third-order valence-corrected chi connectivity index (χ3v) is 4.03. The van der Waals surface area contributed by atoms with Gasteiger partial charge in [-0.05, 0) is 30.5 Å². The largest absolute Gasteiger partial charge is 0.355 e. The lowest BCUT2D eigenvalue weighted by atomic mass is 10.0. The molecular formula is C20H19N3. The van der Waals surface area contributed by atoms with Gasteiger partial charge in [0.15, 0.2) is 0 Å². The lowest BCUT2D eigenvalue weighted by molar-refractivity contribution is 0.676. The Hall–Kier alpha value is -2.86. The fraction of sp³-hybridized carbons (Fsp3) is 0.200. The van der Waals surface area contributed by atoms with Gasteiger partial charge in [-0.25, -0.2) is 4.98 Å². The molecule has 2 aromatic rings. The Balaban J connectivity index is 1.61. The minimum Gasteiger partial charge on any atom is -0.355 e. The minimum atomic E-state index is 0.656. The first-order chi connectivity index (χ1) is 11.4. The maximum atomic E-state index is 9.19. The number of allylic oxidation sites excluding steroid dienone is 2. The Kier molecular flexibility index (Phi) is 4.85. The maximum absolute atomic E-state index is 9.19. The third-order valence-electron chi connectivity index (χ3n) is 4.03. The highest BCUT2D eigenvalue weighted by Crippen LogP contribution is 2.23. The Morgan fingerprint density at radius 1 is 1.04 bits per heavy atom. The van der Waals surface area contributed by atoms with Gasteiger partial charge in [0.2, 0.25) is 0 Å². The van der Waals surface area contributed by atoms with Crippen LogP contribution in [-0.2, 0) is 0 Å². The summed E-state index contributed by atoms with van der Waals surface area (Å²) in [5, 5.41) is 9.19. The van der Waals surface area contributed by atoms with Gasteiger partial charge in [-0.3, -0.25) is 0 Å². The van der Waals surface area contributed by atoms with E-state index in [0.29, 0.717) is 5.56 Å². The van der Waals surface area contributed by atoms with Crippen molar-refractivity contribution in [2.45, 2.75) is 12.8 Å². The Morgan fingerprint density at radius 3 is 2.57 bits per heavy atom. The van der Waals surface area contributed by atoms with Crippen LogP contribution in [0.15, 0.2) is 66.4 Å². The monoisotopic (exact) mass is 301 g/mol. The fourth-order valence-electron chi connectivity index (χ4n) is 2.77. The van der Waals surface area contributed by atoms with Crippen LogP contribution < -0.4 is 4.90 Å². The molecule has 3 rings (SSSR count). The molecule has 0 unspecified atom stereocenters. The predicted octanol–water partition coefficient (Wildman–Crippen LogP) is 4.19. The molecule has 0 bridgehead atoms. The van der Waals surface area contributed by atoms with Crippen LogP contribution in [0.4, 0.5) is 5.82 Å². The summed E-state index contributed by atoms with van der Waals surface area (Å²) in [6.45, 7) is 1.83. The van der Waals surface area contributed by atoms with Crippen LogP contribution >= 0.6 is 0 Å². The van der Waals surface area contributed by atoms with Gasteiger partial charge < -0.3 is 4.90 Å². The number of pyridine rings is 1. The summed E-state index contributed by atoms with van der Waals surface area (Å²) in [4.78, 5) is 6.58. The molecule has 3 heteroatoms. The van der Waals surface area contributed by atoms with E-state index in [0.717, 1.165) is 31.7 Å². The van der Waals surface area contributed by atoms with Crippen molar-refractivity contribution < 1.29 is 0 Å². The molecule has 114 valence electrons. The van der Waals surface area contributed by atoms with Crippen molar-refractivity contribution in [2.24, 2.45) is 0 Å². The molecule has 1 aromatic heterocycles. The lowest BCUT2D eigenvalue weighted by Crippen LogP contribution is -2.31. The van der Waals surface area contributed by atoms with Gasteiger partial charge >= 0.3 is 0 Å². The van der Waals surface area contributed by atoms with E-state index in [1.165, 1.54) is 11.1 Å². The second-order valence-electron chi connectivity index (χ2n) is 5.57. The molecule has 0 amide bonds. The molecule has 1 aliphatic heterocycles. The van der Waals surface area contributed by atoms with Crippen LogP contribution in [0.3, 0.4) is 0 Å². The zero-order valence-corrected chi connectivity index (χ0v) is 13.0. The first-order valence-electron chi connectivity index (χ1n) is 7.88. The smallest absolute Gasteiger partial charge is 0.146 e. The summed E-state index contributed by atoms with van der Waals surface area (Å²) in [6, 6.07) is 16.2. The number of nitriles is 1. The molecule has 2 heterocycles. The van der Waals surface area contributed by atoms with E-state index in [4.69, 9.17) is 0 Å². The van der Waals surface area contributed by atoms with E-state index in [2.05, 4.69) is 46.3 Å². The zero-order valence-electron chi connectivity index (χ0n) is 13.0. The number of aromatic nitrogens is 1. The van der Waals surface area contributed by atoms with E-state index < -0.39 is 0 Å². The number of anilines is 1. The molecule has 1 aromatic carbocycles. The predicted molar refractivity (Wildman–Crippen MR) is 94.0 cm³/mol. The average molecular weight is 301 g/mol. The van der Waals surface area contributed by atoms with E-state index in [1.54, 1.807) is 6.20 Å². The van der Waals surface area contributed by atoms with Crippen LogP contribution in [0.25, 0.3) is 6.08 Å². The van der Waals surface area contributed by atoms with Crippen molar-refractivity contribution >= 4 is 11.9 Å². The summed E-state index contributed by atoms with van der Waals surface area (Å²) < 4.78 is 0. The zero-order chi connectivity index (χ0) is 15.9. The first-order valence-corrected chi connectivity index (χ1v) is 7.88. The number of hydrogen-bond acceptors (Lipinski definition) is 3. The van der Waals surface area contributed by atoms with Crippen molar-refractivity contribution in [2.75, 3.05) is 18.0 Å². The highest BCUT2D eigenvalue weighted by molar-refractivity contribution is 5.54.